The molecule has 0 spiro atoms. The number of hydrogen-bond donors (Lipinski definition) is 1. The van der Waals surface area contributed by atoms with Crippen LogP contribution in [0.3, 0.4) is 0 Å². The van der Waals surface area contributed by atoms with E-state index in [1.165, 1.54) is 0 Å². The second kappa shape index (κ2) is 5.48. The highest BCUT2D eigenvalue weighted by atomic mass is 32.2. The Bertz CT molecular complexity index is 519. The molecule has 2 heterocycles. The van der Waals surface area contributed by atoms with Gasteiger partial charge in [0.2, 0.25) is 5.91 Å². The third kappa shape index (κ3) is 2.42. The van der Waals surface area contributed by atoms with E-state index in [-0.39, 0.29) is 17.2 Å². The molecule has 2 fully saturated rings. The molecule has 0 radical (unpaired) electrons. The van der Waals surface area contributed by atoms with Crippen LogP contribution in [0.2, 0.25) is 0 Å². The first kappa shape index (κ1) is 13.5. The predicted octanol–water partition coefficient (Wildman–Crippen LogP) is 1.99. The molecule has 0 aliphatic carbocycles. The lowest BCUT2D eigenvalue weighted by molar-refractivity contribution is -0.153. The summed E-state index contributed by atoms with van der Waals surface area (Å²) in [6, 6.07) is 9.30. The van der Waals surface area contributed by atoms with Crippen LogP contribution >= 0.6 is 11.8 Å². The molecule has 0 aromatic heterocycles. The zero-order valence-corrected chi connectivity index (χ0v) is 11.9. The summed E-state index contributed by atoms with van der Waals surface area (Å²) >= 11 is 1.60. The van der Waals surface area contributed by atoms with Crippen molar-refractivity contribution in [3.8, 4) is 0 Å². The number of amides is 1. The van der Waals surface area contributed by atoms with Crippen LogP contribution in [-0.4, -0.2) is 39.1 Å². The molecule has 20 heavy (non-hydrogen) atoms. The predicted molar refractivity (Wildman–Crippen MR) is 77.4 cm³/mol. The molecule has 0 bridgehead atoms. The van der Waals surface area contributed by atoms with Crippen LogP contribution in [0.4, 0.5) is 0 Å². The molecule has 2 saturated heterocycles. The van der Waals surface area contributed by atoms with Crippen molar-refractivity contribution in [2.24, 2.45) is 5.92 Å². The maximum atomic E-state index is 12.6. The number of aliphatic carboxylic acids is 1. The van der Waals surface area contributed by atoms with Crippen molar-refractivity contribution >= 4 is 23.6 Å². The fourth-order valence-corrected chi connectivity index (χ4v) is 4.46. The number of carbonyl (C=O) groups is 2. The van der Waals surface area contributed by atoms with Crippen molar-refractivity contribution in [1.29, 1.82) is 0 Å². The largest absolute Gasteiger partial charge is 0.480 e. The van der Waals surface area contributed by atoms with E-state index in [0.717, 1.165) is 18.4 Å². The molecular formula is C15H17NO3S. The number of piperidine rings is 1. The Morgan fingerprint density at radius 1 is 1.30 bits per heavy atom. The highest BCUT2D eigenvalue weighted by Gasteiger charge is 2.46. The van der Waals surface area contributed by atoms with Crippen molar-refractivity contribution in [2.45, 2.75) is 30.7 Å². The monoisotopic (exact) mass is 291 g/mol. The maximum absolute atomic E-state index is 12.6. The molecule has 3 atom stereocenters. The van der Waals surface area contributed by atoms with Gasteiger partial charge in [0.15, 0.2) is 0 Å². The average Bonchev–Trinajstić information content (AvgIpc) is 2.88. The Morgan fingerprint density at radius 3 is 2.75 bits per heavy atom. The van der Waals surface area contributed by atoms with Gasteiger partial charge in [-0.1, -0.05) is 30.3 Å². The molecule has 2 aliphatic heterocycles. The average molecular weight is 291 g/mol. The van der Waals surface area contributed by atoms with E-state index < -0.39 is 12.0 Å². The van der Waals surface area contributed by atoms with Gasteiger partial charge in [-0.05, 0) is 24.8 Å². The Kier molecular flexibility index (Phi) is 3.70. The third-order valence-electron chi connectivity index (χ3n) is 4.07. The van der Waals surface area contributed by atoms with E-state index in [4.69, 9.17) is 0 Å². The zero-order chi connectivity index (χ0) is 14.1. The fraction of sp³-hybridized carbons (Fsp3) is 0.467. The Hall–Kier alpha value is -1.49. The third-order valence-corrected chi connectivity index (χ3v) is 5.42. The van der Waals surface area contributed by atoms with Gasteiger partial charge in [0, 0.05) is 11.7 Å². The molecule has 2 aliphatic rings. The van der Waals surface area contributed by atoms with Crippen LogP contribution in [-0.2, 0) is 16.0 Å². The Morgan fingerprint density at radius 2 is 2.05 bits per heavy atom. The van der Waals surface area contributed by atoms with Gasteiger partial charge in [-0.15, -0.1) is 11.8 Å². The van der Waals surface area contributed by atoms with Gasteiger partial charge in [-0.2, -0.15) is 0 Å². The molecule has 0 saturated carbocycles. The first-order chi connectivity index (χ1) is 9.66. The summed E-state index contributed by atoms with van der Waals surface area (Å²) in [4.78, 5) is 25.5. The molecule has 0 unspecified atom stereocenters. The molecule has 1 aromatic carbocycles. The number of thioether (sulfide) groups is 1. The number of hydrogen-bond acceptors (Lipinski definition) is 3. The SMILES string of the molecule is O=C(O)[C@@H]1CS[C@H]2CC[C@@H](Cc3ccccc3)C(=O)N21. The summed E-state index contributed by atoms with van der Waals surface area (Å²) < 4.78 is 0. The van der Waals surface area contributed by atoms with E-state index in [1.807, 2.05) is 30.3 Å². The standard InChI is InChI=1S/C15H17NO3S/c17-14-11(8-10-4-2-1-3-5-10)6-7-13-16(14)12(9-20-13)15(18)19/h1-5,11-13H,6-9H2,(H,18,19)/t11-,12-,13-/m0/s1. The van der Waals surface area contributed by atoms with E-state index in [2.05, 4.69) is 0 Å². The van der Waals surface area contributed by atoms with Crippen LogP contribution in [0.5, 0.6) is 0 Å². The van der Waals surface area contributed by atoms with E-state index in [1.54, 1.807) is 16.7 Å². The quantitative estimate of drug-likeness (QED) is 0.925. The first-order valence-electron chi connectivity index (χ1n) is 6.87. The van der Waals surface area contributed by atoms with Gasteiger partial charge in [-0.25, -0.2) is 4.79 Å². The molecule has 106 valence electrons. The summed E-state index contributed by atoms with van der Waals surface area (Å²) in [5, 5.41) is 9.30. The van der Waals surface area contributed by atoms with E-state index in [0.29, 0.717) is 12.2 Å². The Labute approximate surface area is 122 Å². The zero-order valence-electron chi connectivity index (χ0n) is 11.1. The molecule has 1 amide bonds. The summed E-state index contributed by atoms with van der Waals surface area (Å²) in [6.07, 6.45) is 2.46. The van der Waals surface area contributed by atoms with Crippen molar-refractivity contribution in [3.05, 3.63) is 35.9 Å². The number of carboxylic acids is 1. The number of nitrogens with zero attached hydrogens (tertiary/aromatic N) is 1. The second-order valence-electron chi connectivity index (χ2n) is 5.35. The lowest BCUT2D eigenvalue weighted by Crippen LogP contribution is -2.51. The van der Waals surface area contributed by atoms with Gasteiger partial charge < -0.3 is 10.0 Å². The lowest BCUT2D eigenvalue weighted by Gasteiger charge is -2.36. The van der Waals surface area contributed by atoms with Crippen LogP contribution in [0.1, 0.15) is 18.4 Å². The minimum atomic E-state index is -0.881. The molecule has 4 nitrogen and oxygen atoms in total. The maximum Gasteiger partial charge on any atom is 0.327 e. The smallest absolute Gasteiger partial charge is 0.327 e. The Balaban J connectivity index is 1.75. The van der Waals surface area contributed by atoms with Gasteiger partial charge in [0.25, 0.3) is 0 Å². The molecule has 3 rings (SSSR count). The van der Waals surface area contributed by atoms with Gasteiger partial charge >= 0.3 is 5.97 Å². The summed E-state index contributed by atoms with van der Waals surface area (Å²) in [7, 11) is 0. The summed E-state index contributed by atoms with van der Waals surface area (Å²) in [5.74, 6) is -0.422. The number of rotatable bonds is 3. The fourth-order valence-electron chi connectivity index (χ4n) is 3.04. The highest BCUT2D eigenvalue weighted by molar-refractivity contribution is 8.00. The van der Waals surface area contributed by atoms with Crippen LogP contribution in [0.25, 0.3) is 0 Å². The topological polar surface area (TPSA) is 57.6 Å². The van der Waals surface area contributed by atoms with Crippen molar-refractivity contribution < 1.29 is 14.7 Å². The minimum Gasteiger partial charge on any atom is -0.480 e. The number of carboxylic acid groups (broad SMARTS) is 1. The van der Waals surface area contributed by atoms with Crippen LogP contribution < -0.4 is 0 Å². The van der Waals surface area contributed by atoms with Crippen molar-refractivity contribution in [3.63, 3.8) is 0 Å². The van der Waals surface area contributed by atoms with Gasteiger partial charge in [0.05, 0.1) is 5.37 Å². The van der Waals surface area contributed by atoms with Gasteiger partial charge in [-0.3, -0.25) is 4.79 Å². The van der Waals surface area contributed by atoms with E-state index >= 15 is 0 Å². The molecule has 1 N–H and O–H groups in total. The van der Waals surface area contributed by atoms with Crippen LogP contribution in [0.15, 0.2) is 30.3 Å². The van der Waals surface area contributed by atoms with Crippen molar-refractivity contribution in [1.82, 2.24) is 4.90 Å². The normalized spacial score (nSPS) is 29.3. The molecular weight excluding hydrogens is 274 g/mol. The first-order valence-corrected chi connectivity index (χ1v) is 7.92. The number of fused-ring (bicyclic) bond motifs is 1. The van der Waals surface area contributed by atoms with Gasteiger partial charge in [0.1, 0.15) is 6.04 Å². The molecule has 5 heteroatoms. The van der Waals surface area contributed by atoms with Crippen LogP contribution in [0, 0.1) is 5.92 Å². The number of carbonyl (C=O) groups excluding carboxylic acids is 1. The lowest BCUT2D eigenvalue weighted by atomic mass is 9.89. The highest BCUT2D eigenvalue weighted by Crippen LogP contribution is 2.39. The summed E-state index contributed by atoms with van der Waals surface area (Å²) in [6.45, 7) is 0. The number of benzene rings is 1. The minimum absolute atomic E-state index is 0.0162. The molecule has 1 aromatic rings. The summed E-state index contributed by atoms with van der Waals surface area (Å²) in [5.41, 5.74) is 1.14. The van der Waals surface area contributed by atoms with E-state index in [9.17, 15) is 14.7 Å². The second-order valence-corrected chi connectivity index (χ2v) is 6.56. The van der Waals surface area contributed by atoms with Crippen molar-refractivity contribution in [2.75, 3.05) is 5.75 Å².